The van der Waals surface area contributed by atoms with Crippen LogP contribution in [0.2, 0.25) is 0 Å². The molecule has 0 aliphatic carbocycles. The average molecular weight is 260 g/mol. The maximum Gasteiger partial charge on any atom is 0.401 e. The minimum Gasteiger partial charge on any atom is -0.329 e. The number of hydrogen-bond donors (Lipinski definition) is 1. The normalized spacial score (nSPS) is 12.2. The smallest absolute Gasteiger partial charge is 0.329 e. The average Bonchev–Trinajstić information content (AvgIpc) is 2.12. The first-order valence-corrected chi connectivity index (χ1v) is 5.86. The zero-order valence-electron chi connectivity index (χ0n) is 10.7. The summed E-state index contributed by atoms with van der Waals surface area (Å²) >= 11 is 0. The van der Waals surface area contributed by atoms with Gasteiger partial charge >= 0.3 is 6.18 Å². The maximum absolute atomic E-state index is 12.4. The Hall–Kier alpha value is -1.07. The van der Waals surface area contributed by atoms with Crippen molar-refractivity contribution in [1.29, 1.82) is 0 Å². The molecule has 0 bridgehead atoms. The van der Waals surface area contributed by atoms with Crippen LogP contribution in [-0.4, -0.2) is 30.7 Å². The van der Waals surface area contributed by atoms with Gasteiger partial charge in [0, 0.05) is 19.6 Å². The maximum atomic E-state index is 12.4. The van der Waals surface area contributed by atoms with E-state index in [1.54, 1.807) is 0 Å². The summed E-state index contributed by atoms with van der Waals surface area (Å²) in [6.45, 7) is 3.70. The zero-order valence-corrected chi connectivity index (χ0v) is 10.7. The molecule has 0 fully saturated rings. The van der Waals surface area contributed by atoms with Gasteiger partial charge in [-0.1, -0.05) is 29.3 Å². The van der Waals surface area contributed by atoms with Crippen LogP contribution in [0, 0.1) is 13.8 Å². The Morgan fingerprint density at radius 3 is 2.11 bits per heavy atom. The largest absolute Gasteiger partial charge is 0.401 e. The van der Waals surface area contributed by atoms with E-state index < -0.39 is 12.7 Å². The van der Waals surface area contributed by atoms with Crippen LogP contribution in [0.1, 0.15) is 16.7 Å². The molecule has 0 aliphatic rings. The first kappa shape index (κ1) is 15.0. The molecule has 1 aromatic rings. The molecule has 0 heterocycles. The van der Waals surface area contributed by atoms with Gasteiger partial charge in [0.05, 0.1) is 6.54 Å². The first-order valence-electron chi connectivity index (χ1n) is 5.86. The number of alkyl halides is 3. The van der Waals surface area contributed by atoms with E-state index in [0.29, 0.717) is 0 Å². The van der Waals surface area contributed by atoms with E-state index in [4.69, 9.17) is 5.73 Å². The summed E-state index contributed by atoms with van der Waals surface area (Å²) in [5.74, 6) is 0. The number of benzene rings is 1. The third-order valence-corrected chi connectivity index (χ3v) is 2.54. The number of rotatable bonds is 5. The van der Waals surface area contributed by atoms with Gasteiger partial charge in [0.15, 0.2) is 0 Å². The van der Waals surface area contributed by atoms with Gasteiger partial charge in [-0.3, -0.25) is 4.90 Å². The molecule has 2 nitrogen and oxygen atoms in total. The molecule has 0 saturated heterocycles. The summed E-state index contributed by atoms with van der Waals surface area (Å²) < 4.78 is 37.2. The molecular weight excluding hydrogens is 241 g/mol. The molecule has 102 valence electrons. The summed E-state index contributed by atoms with van der Waals surface area (Å²) in [6, 6.07) is 5.82. The molecule has 5 heteroatoms. The van der Waals surface area contributed by atoms with Crippen molar-refractivity contribution in [1.82, 2.24) is 4.90 Å². The van der Waals surface area contributed by atoms with Crippen LogP contribution in [0.15, 0.2) is 18.2 Å². The lowest BCUT2D eigenvalue weighted by Gasteiger charge is -2.23. The van der Waals surface area contributed by atoms with Crippen LogP contribution in [0.5, 0.6) is 0 Å². The lowest BCUT2D eigenvalue weighted by molar-refractivity contribution is -0.146. The highest BCUT2D eigenvalue weighted by molar-refractivity contribution is 5.28. The van der Waals surface area contributed by atoms with Gasteiger partial charge in [0.2, 0.25) is 0 Å². The monoisotopic (exact) mass is 260 g/mol. The van der Waals surface area contributed by atoms with E-state index in [0.717, 1.165) is 16.7 Å². The molecule has 0 radical (unpaired) electrons. The quantitative estimate of drug-likeness (QED) is 0.881. The molecule has 0 saturated carbocycles. The van der Waals surface area contributed by atoms with Crippen molar-refractivity contribution >= 4 is 0 Å². The highest BCUT2D eigenvalue weighted by Crippen LogP contribution is 2.18. The van der Waals surface area contributed by atoms with E-state index in [1.807, 2.05) is 32.0 Å². The van der Waals surface area contributed by atoms with Crippen molar-refractivity contribution in [3.63, 3.8) is 0 Å². The third-order valence-electron chi connectivity index (χ3n) is 2.54. The van der Waals surface area contributed by atoms with Gasteiger partial charge in [-0.2, -0.15) is 13.2 Å². The Labute approximate surface area is 106 Å². The topological polar surface area (TPSA) is 29.3 Å². The minimum absolute atomic E-state index is 0.223. The number of nitrogens with zero attached hydrogens (tertiary/aromatic N) is 1. The van der Waals surface area contributed by atoms with E-state index in [-0.39, 0.29) is 19.6 Å². The number of nitrogens with two attached hydrogens (primary N) is 1. The Kier molecular flexibility index (Phi) is 5.16. The lowest BCUT2D eigenvalue weighted by Crippen LogP contribution is -2.37. The van der Waals surface area contributed by atoms with E-state index in [1.165, 1.54) is 4.90 Å². The van der Waals surface area contributed by atoms with Gasteiger partial charge < -0.3 is 5.73 Å². The predicted molar refractivity (Wildman–Crippen MR) is 66.3 cm³/mol. The molecule has 0 atom stereocenters. The summed E-state index contributed by atoms with van der Waals surface area (Å²) in [5, 5.41) is 0. The van der Waals surface area contributed by atoms with Crippen LogP contribution in [0.25, 0.3) is 0 Å². The van der Waals surface area contributed by atoms with Crippen LogP contribution in [0.4, 0.5) is 13.2 Å². The van der Waals surface area contributed by atoms with Crippen LogP contribution >= 0.6 is 0 Å². The summed E-state index contributed by atoms with van der Waals surface area (Å²) in [7, 11) is 0. The first-order chi connectivity index (χ1) is 8.30. The van der Waals surface area contributed by atoms with E-state index in [2.05, 4.69) is 0 Å². The van der Waals surface area contributed by atoms with Gasteiger partial charge in [0.1, 0.15) is 0 Å². The van der Waals surface area contributed by atoms with E-state index in [9.17, 15) is 13.2 Å². The highest BCUT2D eigenvalue weighted by Gasteiger charge is 2.30. The second-order valence-corrected chi connectivity index (χ2v) is 4.61. The summed E-state index contributed by atoms with van der Waals surface area (Å²) in [5.41, 5.74) is 8.37. The fraction of sp³-hybridized carbons (Fsp3) is 0.538. The molecule has 0 unspecified atom stereocenters. The molecule has 0 aromatic heterocycles. The predicted octanol–water partition coefficient (Wildman–Crippen LogP) is 2.63. The lowest BCUT2D eigenvalue weighted by atomic mass is 10.1. The number of aryl methyl sites for hydroxylation is 2. The van der Waals surface area contributed by atoms with Gasteiger partial charge in [-0.25, -0.2) is 0 Å². The Morgan fingerprint density at radius 1 is 1.11 bits per heavy atom. The molecule has 1 aromatic carbocycles. The standard InChI is InChI=1S/C13H19F3N2/c1-10-5-11(2)7-12(6-10)8-18(4-3-17)9-13(14,15)16/h5-7H,3-4,8-9,17H2,1-2H3. The molecule has 1 rings (SSSR count). The molecular formula is C13H19F3N2. The zero-order chi connectivity index (χ0) is 13.8. The van der Waals surface area contributed by atoms with Crippen molar-refractivity contribution < 1.29 is 13.2 Å². The fourth-order valence-electron chi connectivity index (χ4n) is 2.07. The van der Waals surface area contributed by atoms with Crippen molar-refractivity contribution in [3.8, 4) is 0 Å². The Balaban J connectivity index is 2.76. The second-order valence-electron chi connectivity index (χ2n) is 4.61. The van der Waals surface area contributed by atoms with E-state index >= 15 is 0 Å². The minimum atomic E-state index is -4.19. The molecule has 0 spiro atoms. The molecule has 2 N–H and O–H groups in total. The van der Waals surface area contributed by atoms with Crippen molar-refractivity contribution in [2.75, 3.05) is 19.6 Å². The molecule has 18 heavy (non-hydrogen) atoms. The van der Waals surface area contributed by atoms with Crippen LogP contribution in [-0.2, 0) is 6.54 Å². The second kappa shape index (κ2) is 6.20. The number of hydrogen-bond acceptors (Lipinski definition) is 2. The van der Waals surface area contributed by atoms with Gasteiger partial charge in [0.25, 0.3) is 0 Å². The van der Waals surface area contributed by atoms with Gasteiger partial charge in [-0.15, -0.1) is 0 Å². The van der Waals surface area contributed by atoms with Crippen LogP contribution < -0.4 is 5.73 Å². The Morgan fingerprint density at radius 2 is 1.67 bits per heavy atom. The van der Waals surface area contributed by atoms with Crippen LogP contribution in [0.3, 0.4) is 0 Å². The fourth-order valence-corrected chi connectivity index (χ4v) is 2.07. The number of halogens is 3. The van der Waals surface area contributed by atoms with Gasteiger partial charge in [-0.05, 0) is 19.4 Å². The summed E-state index contributed by atoms with van der Waals surface area (Å²) in [4.78, 5) is 1.33. The van der Waals surface area contributed by atoms with Crippen molar-refractivity contribution in [2.24, 2.45) is 5.73 Å². The van der Waals surface area contributed by atoms with Crippen molar-refractivity contribution in [2.45, 2.75) is 26.6 Å². The highest BCUT2D eigenvalue weighted by atomic mass is 19.4. The third kappa shape index (κ3) is 5.51. The SMILES string of the molecule is Cc1cc(C)cc(CN(CCN)CC(F)(F)F)c1. The van der Waals surface area contributed by atoms with Crippen molar-refractivity contribution in [3.05, 3.63) is 34.9 Å². The molecule has 0 amide bonds. The molecule has 0 aliphatic heterocycles. The summed E-state index contributed by atoms with van der Waals surface area (Å²) in [6.07, 6.45) is -4.19. The Bertz CT molecular complexity index is 368.